The molecule has 1 rings (SSSR count). The summed E-state index contributed by atoms with van der Waals surface area (Å²) in [5, 5.41) is 3.26. The SMILES string of the molecule is CNC(c1cc(C)c(OC)cc1C)C(C)N. The van der Waals surface area contributed by atoms with Gasteiger partial charge >= 0.3 is 0 Å². The van der Waals surface area contributed by atoms with Crippen LogP contribution in [0.2, 0.25) is 0 Å². The Morgan fingerprint density at radius 2 is 1.88 bits per heavy atom. The molecule has 0 fully saturated rings. The van der Waals surface area contributed by atoms with Crippen LogP contribution in [0.25, 0.3) is 0 Å². The van der Waals surface area contributed by atoms with Crippen molar-refractivity contribution < 1.29 is 4.74 Å². The first-order chi connectivity index (χ1) is 7.51. The molecule has 0 aliphatic rings. The van der Waals surface area contributed by atoms with Gasteiger partial charge < -0.3 is 15.8 Å². The Morgan fingerprint density at radius 1 is 1.25 bits per heavy atom. The summed E-state index contributed by atoms with van der Waals surface area (Å²) >= 11 is 0. The predicted octanol–water partition coefficient (Wildman–Crippen LogP) is 1.92. The molecule has 0 saturated carbocycles. The number of benzene rings is 1. The molecule has 1 aromatic carbocycles. The van der Waals surface area contributed by atoms with Gasteiger partial charge in [0.15, 0.2) is 0 Å². The third kappa shape index (κ3) is 2.54. The van der Waals surface area contributed by atoms with E-state index in [0.29, 0.717) is 0 Å². The number of nitrogens with two attached hydrogens (primary N) is 1. The van der Waals surface area contributed by atoms with Gasteiger partial charge in [-0.2, -0.15) is 0 Å². The van der Waals surface area contributed by atoms with Crippen molar-refractivity contribution in [2.24, 2.45) is 5.73 Å². The monoisotopic (exact) mass is 222 g/mol. The lowest BCUT2D eigenvalue weighted by molar-refractivity contribution is 0.410. The first-order valence-electron chi connectivity index (χ1n) is 5.59. The molecule has 0 radical (unpaired) electrons. The molecular formula is C13H22N2O. The lowest BCUT2D eigenvalue weighted by Gasteiger charge is -2.23. The molecule has 1 aromatic rings. The Balaban J connectivity index is 3.18. The highest BCUT2D eigenvalue weighted by atomic mass is 16.5. The van der Waals surface area contributed by atoms with Crippen LogP contribution in [0.3, 0.4) is 0 Å². The molecule has 0 aliphatic heterocycles. The van der Waals surface area contributed by atoms with E-state index in [4.69, 9.17) is 10.5 Å². The van der Waals surface area contributed by atoms with Gasteiger partial charge in [0.25, 0.3) is 0 Å². The summed E-state index contributed by atoms with van der Waals surface area (Å²) in [6.07, 6.45) is 0. The lowest BCUT2D eigenvalue weighted by atomic mass is 9.94. The number of rotatable bonds is 4. The summed E-state index contributed by atoms with van der Waals surface area (Å²) in [5.74, 6) is 0.931. The molecule has 3 heteroatoms. The number of ether oxygens (including phenoxy) is 1. The van der Waals surface area contributed by atoms with E-state index in [1.165, 1.54) is 11.1 Å². The van der Waals surface area contributed by atoms with Crippen LogP contribution in [0, 0.1) is 13.8 Å². The van der Waals surface area contributed by atoms with Crippen LogP contribution in [0.4, 0.5) is 0 Å². The topological polar surface area (TPSA) is 47.3 Å². The third-order valence-electron chi connectivity index (χ3n) is 2.96. The van der Waals surface area contributed by atoms with Crippen molar-refractivity contribution in [3.05, 3.63) is 28.8 Å². The minimum atomic E-state index is 0.0801. The van der Waals surface area contributed by atoms with Crippen molar-refractivity contribution in [2.75, 3.05) is 14.2 Å². The number of methoxy groups -OCH3 is 1. The minimum absolute atomic E-state index is 0.0801. The fraction of sp³-hybridized carbons (Fsp3) is 0.538. The molecular weight excluding hydrogens is 200 g/mol. The normalized spacial score (nSPS) is 14.6. The van der Waals surface area contributed by atoms with E-state index in [0.717, 1.165) is 11.3 Å². The van der Waals surface area contributed by atoms with E-state index in [-0.39, 0.29) is 12.1 Å². The van der Waals surface area contributed by atoms with Gasteiger partial charge in [0.1, 0.15) is 5.75 Å². The second kappa shape index (κ2) is 5.32. The number of aryl methyl sites for hydroxylation is 2. The Labute approximate surface area is 98.0 Å². The van der Waals surface area contributed by atoms with Crippen LogP contribution in [-0.2, 0) is 0 Å². The highest BCUT2D eigenvalue weighted by Gasteiger charge is 2.17. The molecule has 3 nitrogen and oxygen atoms in total. The molecule has 0 bridgehead atoms. The maximum atomic E-state index is 5.97. The maximum absolute atomic E-state index is 5.97. The van der Waals surface area contributed by atoms with Gasteiger partial charge in [-0.25, -0.2) is 0 Å². The zero-order valence-corrected chi connectivity index (χ0v) is 10.8. The van der Waals surface area contributed by atoms with Gasteiger partial charge in [-0.05, 0) is 50.6 Å². The van der Waals surface area contributed by atoms with E-state index in [2.05, 4.69) is 31.3 Å². The Morgan fingerprint density at radius 3 is 2.31 bits per heavy atom. The van der Waals surface area contributed by atoms with Crippen molar-refractivity contribution in [1.82, 2.24) is 5.32 Å². The molecule has 0 aromatic heterocycles. The second-order valence-electron chi connectivity index (χ2n) is 4.30. The average Bonchev–Trinajstić information content (AvgIpc) is 2.23. The van der Waals surface area contributed by atoms with E-state index in [1.807, 2.05) is 14.0 Å². The van der Waals surface area contributed by atoms with E-state index in [9.17, 15) is 0 Å². The van der Waals surface area contributed by atoms with Crippen LogP contribution < -0.4 is 15.8 Å². The lowest BCUT2D eigenvalue weighted by Crippen LogP contribution is -2.34. The Bertz CT molecular complexity index is 361. The van der Waals surface area contributed by atoms with Crippen molar-refractivity contribution in [2.45, 2.75) is 32.9 Å². The van der Waals surface area contributed by atoms with Gasteiger partial charge in [0.05, 0.1) is 7.11 Å². The van der Waals surface area contributed by atoms with E-state index < -0.39 is 0 Å². The molecule has 0 amide bonds. The first kappa shape index (κ1) is 13.0. The largest absolute Gasteiger partial charge is 0.496 e. The molecule has 0 heterocycles. The zero-order chi connectivity index (χ0) is 12.3. The first-order valence-corrected chi connectivity index (χ1v) is 5.59. The molecule has 3 N–H and O–H groups in total. The molecule has 0 aliphatic carbocycles. The van der Waals surface area contributed by atoms with Crippen LogP contribution in [0.15, 0.2) is 12.1 Å². The number of hydrogen-bond donors (Lipinski definition) is 2. The van der Waals surface area contributed by atoms with Gasteiger partial charge in [0, 0.05) is 12.1 Å². The van der Waals surface area contributed by atoms with Crippen molar-refractivity contribution >= 4 is 0 Å². The summed E-state index contributed by atoms with van der Waals surface area (Å²) in [5.41, 5.74) is 9.57. The molecule has 2 atom stereocenters. The van der Waals surface area contributed by atoms with Gasteiger partial charge in [-0.1, -0.05) is 6.07 Å². The molecule has 2 unspecified atom stereocenters. The average molecular weight is 222 g/mol. The standard InChI is InChI=1S/C13H22N2O/c1-8-7-12(16-5)9(2)6-11(8)13(15-4)10(3)14/h6-7,10,13,15H,14H2,1-5H3. The van der Waals surface area contributed by atoms with Gasteiger partial charge in [-0.3, -0.25) is 0 Å². The summed E-state index contributed by atoms with van der Waals surface area (Å²) in [6, 6.07) is 4.48. The Hall–Kier alpha value is -1.06. The van der Waals surface area contributed by atoms with Gasteiger partial charge in [-0.15, -0.1) is 0 Å². The van der Waals surface area contributed by atoms with Crippen LogP contribution in [-0.4, -0.2) is 20.2 Å². The van der Waals surface area contributed by atoms with Crippen LogP contribution in [0.5, 0.6) is 5.75 Å². The molecule has 90 valence electrons. The zero-order valence-electron chi connectivity index (χ0n) is 10.8. The Kier molecular flexibility index (Phi) is 4.33. The summed E-state index contributed by atoms with van der Waals surface area (Å²) < 4.78 is 5.30. The van der Waals surface area contributed by atoms with Crippen molar-refractivity contribution in [3.63, 3.8) is 0 Å². The van der Waals surface area contributed by atoms with Crippen molar-refractivity contribution in [1.29, 1.82) is 0 Å². The molecule has 0 spiro atoms. The summed E-state index contributed by atoms with van der Waals surface area (Å²) in [6.45, 7) is 6.15. The highest BCUT2D eigenvalue weighted by molar-refractivity contribution is 5.43. The summed E-state index contributed by atoms with van der Waals surface area (Å²) in [4.78, 5) is 0. The fourth-order valence-electron chi connectivity index (χ4n) is 2.07. The maximum Gasteiger partial charge on any atom is 0.122 e. The number of hydrogen-bond acceptors (Lipinski definition) is 3. The third-order valence-corrected chi connectivity index (χ3v) is 2.96. The second-order valence-corrected chi connectivity index (χ2v) is 4.30. The molecule has 0 saturated heterocycles. The van der Waals surface area contributed by atoms with Crippen LogP contribution in [0.1, 0.15) is 29.7 Å². The fourth-order valence-corrected chi connectivity index (χ4v) is 2.07. The van der Waals surface area contributed by atoms with E-state index in [1.54, 1.807) is 7.11 Å². The number of nitrogens with one attached hydrogen (secondary N) is 1. The smallest absolute Gasteiger partial charge is 0.122 e. The number of likely N-dealkylation sites (N-methyl/N-ethyl adjacent to an activating group) is 1. The van der Waals surface area contributed by atoms with Crippen molar-refractivity contribution in [3.8, 4) is 5.75 Å². The van der Waals surface area contributed by atoms with E-state index >= 15 is 0 Å². The van der Waals surface area contributed by atoms with Crippen LogP contribution >= 0.6 is 0 Å². The summed E-state index contributed by atoms with van der Waals surface area (Å²) in [7, 11) is 3.63. The predicted molar refractivity (Wildman–Crippen MR) is 67.9 cm³/mol. The highest BCUT2D eigenvalue weighted by Crippen LogP contribution is 2.27. The van der Waals surface area contributed by atoms with Gasteiger partial charge in [0.2, 0.25) is 0 Å². The molecule has 16 heavy (non-hydrogen) atoms. The minimum Gasteiger partial charge on any atom is -0.496 e. The quantitative estimate of drug-likeness (QED) is 0.818.